The SMILES string of the molecule is CC(C)c1cnnc(Nc2ccc3ncc(-c4cnn(CCCN5CC(N)C5)c4)cc3n2)c1.CC(C)c1cnnc(Nc2ccc3ncc(-c4cnn(CCCN5CC(NC(=O)OC(C)(C)C)C5)c4)cc3n2)c1. The summed E-state index contributed by atoms with van der Waals surface area (Å²) in [5.74, 6) is 3.48. The average Bonchev–Trinajstić information content (AvgIpc) is 4.03. The van der Waals surface area contributed by atoms with Crippen LogP contribution in [0.15, 0.2) is 98.1 Å². The van der Waals surface area contributed by atoms with E-state index in [0.717, 1.165) is 121 Å². The van der Waals surface area contributed by atoms with Gasteiger partial charge in [-0.25, -0.2) is 14.8 Å². The summed E-state index contributed by atoms with van der Waals surface area (Å²) < 4.78 is 9.28. The summed E-state index contributed by atoms with van der Waals surface area (Å²) in [5, 5.41) is 35.1. The third-order valence-electron chi connectivity index (χ3n) is 12.6. The second-order valence-corrected chi connectivity index (χ2v) is 20.5. The Morgan fingerprint density at radius 1 is 0.616 bits per heavy atom. The van der Waals surface area contributed by atoms with Crippen LogP contribution >= 0.6 is 0 Å². The molecule has 0 aromatic carbocycles. The lowest BCUT2D eigenvalue weighted by Crippen LogP contribution is -2.59. The van der Waals surface area contributed by atoms with E-state index in [-0.39, 0.29) is 12.1 Å². The molecule has 10 rings (SSSR count). The summed E-state index contributed by atoms with van der Waals surface area (Å²) in [6, 6.07) is 16.3. The average molecular weight is 987 g/mol. The fourth-order valence-electron chi connectivity index (χ4n) is 8.54. The molecule has 1 amide bonds. The number of hydrogen-bond acceptors (Lipinski definition) is 17. The molecule has 0 atom stereocenters. The van der Waals surface area contributed by atoms with Crippen LogP contribution in [0, 0.1) is 0 Å². The summed E-state index contributed by atoms with van der Waals surface area (Å²) in [6.45, 7) is 21.5. The molecule has 5 N–H and O–H groups in total. The third kappa shape index (κ3) is 13.7. The first kappa shape index (κ1) is 50.4. The number of aromatic nitrogens is 12. The van der Waals surface area contributed by atoms with Gasteiger partial charge in [0.15, 0.2) is 11.6 Å². The minimum absolute atomic E-state index is 0.147. The summed E-state index contributed by atoms with van der Waals surface area (Å²) >= 11 is 0. The second kappa shape index (κ2) is 22.5. The van der Waals surface area contributed by atoms with Crippen molar-refractivity contribution in [2.75, 3.05) is 49.9 Å². The largest absolute Gasteiger partial charge is 0.444 e. The van der Waals surface area contributed by atoms with E-state index in [1.54, 1.807) is 12.4 Å². The number of anilines is 4. The minimum atomic E-state index is -0.481. The number of amides is 1. The van der Waals surface area contributed by atoms with Crippen molar-refractivity contribution in [2.45, 2.75) is 104 Å². The molecule has 0 bridgehead atoms. The van der Waals surface area contributed by atoms with E-state index in [1.807, 2.05) is 110 Å². The molecular formula is C53H66N18O2. The highest BCUT2D eigenvalue weighted by molar-refractivity contribution is 5.83. The zero-order valence-corrected chi connectivity index (χ0v) is 42.8. The van der Waals surface area contributed by atoms with Crippen molar-refractivity contribution in [1.29, 1.82) is 0 Å². The number of rotatable bonds is 17. The number of alkyl carbamates (subject to hydrolysis) is 1. The maximum atomic E-state index is 11.9. The fourth-order valence-corrected chi connectivity index (χ4v) is 8.54. The number of carbonyl (C=O) groups is 1. The predicted molar refractivity (Wildman–Crippen MR) is 284 cm³/mol. The smallest absolute Gasteiger partial charge is 0.407 e. The standard InChI is InChI=1S/C29H37N9O2.C24H29N9/c1-19(2)20-12-27(36-31-14-20)35-26-8-7-24-25(34-26)11-21(13-30-24)22-15-32-38(16-22)10-6-9-37-17-23(18-37)33-28(39)40-29(3,4)5;1-16(2)17-9-24(31-27-11-17)30-23-5-4-21-22(29-23)8-18(10-26-21)19-12-28-33(13-19)7-3-6-32-14-20(25)15-32/h7-8,11-16,19,23H,6,9-10,17-18H2,1-5H3,(H,33,39)(H,34,35,36);4-5,8-13,16,20H,3,6-7,14-15,25H2,1-2H3,(H,29,30,31). The van der Waals surface area contributed by atoms with Crippen LogP contribution in [0.1, 0.15) is 84.3 Å². The maximum Gasteiger partial charge on any atom is 0.407 e. The molecule has 0 aliphatic carbocycles. The van der Waals surface area contributed by atoms with Crippen molar-refractivity contribution in [2.24, 2.45) is 5.73 Å². The number of aryl methyl sites for hydroxylation is 2. The number of likely N-dealkylation sites (tertiary alicyclic amines) is 2. The van der Waals surface area contributed by atoms with Crippen molar-refractivity contribution < 1.29 is 9.53 Å². The third-order valence-corrected chi connectivity index (χ3v) is 12.6. The molecule has 2 fully saturated rings. The lowest BCUT2D eigenvalue weighted by molar-refractivity contribution is 0.0399. The molecule has 8 aromatic heterocycles. The highest BCUT2D eigenvalue weighted by atomic mass is 16.6. The minimum Gasteiger partial charge on any atom is -0.444 e. The summed E-state index contributed by atoms with van der Waals surface area (Å²) in [4.78, 5) is 35.3. The number of nitrogens with zero attached hydrogens (tertiary/aromatic N) is 14. The number of hydrogen-bond donors (Lipinski definition) is 4. The number of ether oxygens (including phenoxy) is 1. The topological polar surface area (TPSA) is 234 Å². The molecule has 380 valence electrons. The molecular weight excluding hydrogens is 921 g/mol. The van der Waals surface area contributed by atoms with Gasteiger partial charge in [0.25, 0.3) is 0 Å². The van der Waals surface area contributed by atoms with Gasteiger partial charge in [0.1, 0.15) is 17.2 Å². The van der Waals surface area contributed by atoms with Gasteiger partial charge in [-0.05, 0) is 105 Å². The van der Waals surface area contributed by atoms with Gasteiger partial charge in [-0.1, -0.05) is 27.7 Å². The zero-order chi connectivity index (χ0) is 51.1. The van der Waals surface area contributed by atoms with Crippen molar-refractivity contribution in [3.8, 4) is 22.3 Å². The van der Waals surface area contributed by atoms with Crippen LogP contribution in [-0.2, 0) is 17.8 Å². The van der Waals surface area contributed by atoms with Crippen LogP contribution in [0.3, 0.4) is 0 Å². The summed E-state index contributed by atoms with van der Waals surface area (Å²) in [5.41, 5.74) is 14.8. The second-order valence-electron chi connectivity index (χ2n) is 20.5. The number of nitrogens with two attached hydrogens (primary N) is 1. The zero-order valence-electron chi connectivity index (χ0n) is 42.8. The number of pyridine rings is 4. The van der Waals surface area contributed by atoms with E-state index in [9.17, 15) is 4.79 Å². The first-order valence-electron chi connectivity index (χ1n) is 25.1. The van der Waals surface area contributed by atoms with Crippen LogP contribution in [0.25, 0.3) is 44.3 Å². The Balaban J connectivity index is 0.000000183. The Hall–Kier alpha value is -7.55. The number of fused-ring (bicyclic) bond motifs is 2. The van der Waals surface area contributed by atoms with Crippen molar-refractivity contribution in [3.05, 3.63) is 109 Å². The molecule has 73 heavy (non-hydrogen) atoms. The molecule has 2 aliphatic heterocycles. The van der Waals surface area contributed by atoms with Gasteiger partial charge in [-0.15, -0.1) is 10.2 Å². The number of carbonyl (C=O) groups excluding carboxylic acids is 1. The van der Waals surface area contributed by atoms with Crippen LogP contribution in [0.4, 0.5) is 28.1 Å². The molecule has 0 radical (unpaired) electrons. The summed E-state index contributed by atoms with van der Waals surface area (Å²) in [7, 11) is 0. The van der Waals surface area contributed by atoms with Crippen LogP contribution in [0.2, 0.25) is 0 Å². The Morgan fingerprint density at radius 2 is 1.10 bits per heavy atom. The highest BCUT2D eigenvalue weighted by Crippen LogP contribution is 2.27. The van der Waals surface area contributed by atoms with Crippen molar-refractivity contribution in [1.82, 2.24) is 75.0 Å². The lowest BCUT2D eigenvalue weighted by atomic mass is 10.1. The van der Waals surface area contributed by atoms with E-state index in [0.29, 0.717) is 41.1 Å². The van der Waals surface area contributed by atoms with Gasteiger partial charge in [0.05, 0.1) is 52.9 Å². The van der Waals surface area contributed by atoms with E-state index >= 15 is 0 Å². The van der Waals surface area contributed by atoms with Gasteiger partial charge < -0.3 is 31.3 Å². The Kier molecular flexibility index (Phi) is 15.5. The molecule has 20 heteroatoms. The van der Waals surface area contributed by atoms with E-state index in [2.05, 4.69) is 100 Å². The highest BCUT2D eigenvalue weighted by Gasteiger charge is 2.29. The molecule has 20 nitrogen and oxygen atoms in total. The van der Waals surface area contributed by atoms with E-state index < -0.39 is 5.60 Å². The lowest BCUT2D eigenvalue weighted by Gasteiger charge is -2.39. The molecule has 0 spiro atoms. The molecule has 8 aromatic rings. The first-order chi connectivity index (χ1) is 35.1. The van der Waals surface area contributed by atoms with Gasteiger partial charge in [0, 0.05) is 105 Å². The predicted octanol–water partition coefficient (Wildman–Crippen LogP) is 7.93. The van der Waals surface area contributed by atoms with Gasteiger partial charge in [0.2, 0.25) is 0 Å². The van der Waals surface area contributed by atoms with Crippen LogP contribution < -0.4 is 21.7 Å². The van der Waals surface area contributed by atoms with E-state index in [1.165, 1.54) is 0 Å². The van der Waals surface area contributed by atoms with Crippen LogP contribution in [0.5, 0.6) is 0 Å². The number of nitrogens with one attached hydrogen (secondary N) is 3. The first-order valence-corrected chi connectivity index (χ1v) is 25.1. The molecule has 2 saturated heterocycles. The van der Waals surface area contributed by atoms with Crippen LogP contribution in [-0.4, -0.2) is 133 Å². The molecule has 0 unspecified atom stereocenters. The van der Waals surface area contributed by atoms with Crippen molar-refractivity contribution in [3.63, 3.8) is 0 Å². The summed E-state index contributed by atoms with van der Waals surface area (Å²) in [6.07, 6.45) is 16.8. The van der Waals surface area contributed by atoms with E-state index in [4.69, 9.17) is 20.4 Å². The Bertz CT molecular complexity index is 3130. The maximum absolute atomic E-state index is 11.9. The Labute approximate surface area is 425 Å². The fraction of sp³-hybridized carbons (Fsp3) is 0.415. The molecule has 2 aliphatic rings. The van der Waals surface area contributed by atoms with Crippen molar-refractivity contribution >= 4 is 51.4 Å². The molecule has 10 heterocycles. The van der Waals surface area contributed by atoms with Gasteiger partial charge in [-0.2, -0.15) is 20.4 Å². The normalized spacial score (nSPS) is 14.5. The van der Waals surface area contributed by atoms with Gasteiger partial charge >= 0.3 is 6.09 Å². The quantitative estimate of drug-likeness (QED) is 0.0678. The molecule has 0 saturated carbocycles. The van der Waals surface area contributed by atoms with Gasteiger partial charge in [-0.3, -0.25) is 24.2 Å². The monoisotopic (exact) mass is 987 g/mol. The Morgan fingerprint density at radius 3 is 1.55 bits per heavy atom.